The minimum atomic E-state index is -0.932. The molecule has 2 aromatic heterocycles. The number of carboxylic acids is 1. The molecular formula is C33H35N7O3. The molecular weight excluding hydrogens is 542 g/mol. The molecule has 3 aliphatic rings. The molecule has 5 heterocycles. The van der Waals surface area contributed by atoms with E-state index in [1.807, 2.05) is 18.2 Å². The third-order valence-electron chi connectivity index (χ3n) is 8.97. The fourth-order valence-corrected chi connectivity index (χ4v) is 6.47. The zero-order valence-electron chi connectivity index (χ0n) is 24.2. The second-order valence-corrected chi connectivity index (χ2v) is 11.6. The van der Waals surface area contributed by atoms with E-state index in [2.05, 4.69) is 49.6 Å². The zero-order valence-corrected chi connectivity index (χ0v) is 24.2. The van der Waals surface area contributed by atoms with Gasteiger partial charge in [0.05, 0.1) is 47.4 Å². The highest BCUT2D eigenvalue weighted by molar-refractivity contribution is 5.92. The monoisotopic (exact) mass is 577 g/mol. The van der Waals surface area contributed by atoms with Crippen LogP contribution in [-0.2, 0) is 30.8 Å². The maximum Gasteiger partial charge on any atom is 0.335 e. The second-order valence-electron chi connectivity index (χ2n) is 11.6. The summed E-state index contributed by atoms with van der Waals surface area (Å²) < 4.78 is 7.87. The van der Waals surface area contributed by atoms with E-state index >= 15 is 0 Å². The number of fused-ring (bicyclic) bond motifs is 2. The molecule has 2 fully saturated rings. The van der Waals surface area contributed by atoms with Crippen molar-refractivity contribution in [3.63, 3.8) is 0 Å². The number of carboxylic acid groups (broad SMARTS) is 1. The molecule has 1 N–H and O–H groups in total. The first-order valence-corrected chi connectivity index (χ1v) is 15.1. The molecule has 10 nitrogen and oxygen atoms in total. The normalized spacial score (nSPS) is 19.0. The first kappa shape index (κ1) is 27.4. The second kappa shape index (κ2) is 11.7. The Hall–Kier alpha value is -4.46. The van der Waals surface area contributed by atoms with Gasteiger partial charge in [0.2, 0.25) is 0 Å². The summed E-state index contributed by atoms with van der Waals surface area (Å²) in [6.45, 7) is 7.30. The fourth-order valence-electron chi connectivity index (χ4n) is 6.47. The van der Waals surface area contributed by atoms with Crippen LogP contribution in [0.25, 0.3) is 11.0 Å². The van der Waals surface area contributed by atoms with Gasteiger partial charge in [-0.2, -0.15) is 5.26 Å². The van der Waals surface area contributed by atoms with Gasteiger partial charge in [0, 0.05) is 45.9 Å². The molecule has 0 bridgehead atoms. The van der Waals surface area contributed by atoms with Crippen LogP contribution in [0, 0.1) is 11.3 Å². The van der Waals surface area contributed by atoms with Gasteiger partial charge in [-0.25, -0.2) is 14.8 Å². The smallest absolute Gasteiger partial charge is 0.335 e. The van der Waals surface area contributed by atoms with Gasteiger partial charge in [0.25, 0.3) is 0 Å². The lowest BCUT2D eigenvalue weighted by Gasteiger charge is -2.36. The van der Waals surface area contributed by atoms with Crippen molar-refractivity contribution in [2.24, 2.45) is 0 Å². The average Bonchev–Trinajstić information content (AvgIpc) is 3.18. The number of aromatic nitrogens is 3. The van der Waals surface area contributed by atoms with E-state index < -0.39 is 5.97 Å². The first-order chi connectivity index (χ1) is 21.1. The molecule has 2 saturated heterocycles. The number of carbonyl (C=O) groups is 1. The summed E-state index contributed by atoms with van der Waals surface area (Å²) in [6, 6.07) is 19.8. The molecule has 2 aromatic carbocycles. The minimum Gasteiger partial charge on any atom is -0.478 e. The van der Waals surface area contributed by atoms with Crippen molar-refractivity contribution in [1.29, 1.82) is 5.26 Å². The van der Waals surface area contributed by atoms with Crippen molar-refractivity contribution in [3.05, 3.63) is 82.7 Å². The first-order valence-electron chi connectivity index (χ1n) is 15.1. The van der Waals surface area contributed by atoms with E-state index in [0.717, 1.165) is 99.2 Å². The molecule has 4 aromatic rings. The van der Waals surface area contributed by atoms with Gasteiger partial charge in [-0.1, -0.05) is 18.2 Å². The summed E-state index contributed by atoms with van der Waals surface area (Å²) >= 11 is 0. The topological polar surface area (TPSA) is 111 Å². The van der Waals surface area contributed by atoms with Crippen molar-refractivity contribution < 1.29 is 14.6 Å². The number of anilines is 2. The number of nitriles is 1. The van der Waals surface area contributed by atoms with Crippen LogP contribution < -0.4 is 9.80 Å². The van der Waals surface area contributed by atoms with Crippen molar-refractivity contribution in [2.45, 2.75) is 45.0 Å². The maximum atomic E-state index is 11.6. The fraction of sp³-hybridized carbons (Fsp3) is 0.394. The number of imidazole rings is 1. The van der Waals surface area contributed by atoms with E-state index in [9.17, 15) is 15.2 Å². The molecule has 3 aliphatic heterocycles. The summed E-state index contributed by atoms with van der Waals surface area (Å²) in [5.41, 5.74) is 5.12. The molecule has 0 amide bonds. The van der Waals surface area contributed by atoms with Crippen LogP contribution >= 0.6 is 0 Å². The molecule has 1 atom stereocenters. The maximum absolute atomic E-state index is 11.6. The summed E-state index contributed by atoms with van der Waals surface area (Å²) in [7, 11) is 0. The molecule has 1 unspecified atom stereocenters. The number of rotatable bonds is 7. The minimum absolute atomic E-state index is 0.144. The van der Waals surface area contributed by atoms with Crippen molar-refractivity contribution in [1.82, 2.24) is 19.4 Å². The number of pyridine rings is 1. The van der Waals surface area contributed by atoms with E-state index in [0.29, 0.717) is 13.1 Å². The lowest BCUT2D eigenvalue weighted by atomic mass is 9.99. The Kier molecular flexibility index (Phi) is 7.43. The molecule has 0 aliphatic carbocycles. The Bertz CT molecular complexity index is 1700. The zero-order chi connectivity index (χ0) is 29.3. The number of benzene rings is 2. The Labute approximate surface area is 250 Å². The van der Waals surface area contributed by atoms with E-state index in [4.69, 9.17) is 14.7 Å². The molecule has 220 valence electrons. The van der Waals surface area contributed by atoms with Crippen LogP contribution in [-0.4, -0.2) is 75.9 Å². The summed E-state index contributed by atoms with van der Waals surface area (Å²) in [5, 5.41) is 19.1. The number of hydrogen-bond donors (Lipinski definition) is 1. The highest BCUT2D eigenvalue weighted by atomic mass is 16.5. The Morgan fingerprint density at radius 2 is 1.79 bits per heavy atom. The van der Waals surface area contributed by atoms with Crippen LogP contribution in [0.2, 0.25) is 0 Å². The van der Waals surface area contributed by atoms with Crippen molar-refractivity contribution in [2.75, 3.05) is 49.1 Å². The molecule has 10 heteroatoms. The van der Waals surface area contributed by atoms with Gasteiger partial charge >= 0.3 is 5.97 Å². The van der Waals surface area contributed by atoms with Gasteiger partial charge in [-0.3, -0.25) is 4.90 Å². The average molecular weight is 578 g/mol. The van der Waals surface area contributed by atoms with E-state index in [-0.39, 0.29) is 11.7 Å². The van der Waals surface area contributed by atoms with Crippen LogP contribution in [0.4, 0.5) is 11.6 Å². The Morgan fingerprint density at radius 1 is 1.00 bits per heavy atom. The molecule has 0 saturated carbocycles. The summed E-state index contributed by atoms with van der Waals surface area (Å²) in [4.78, 5) is 28.7. The largest absolute Gasteiger partial charge is 0.478 e. The van der Waals surface area contributed by atoms with Crippen LogP contribution in [0.1, 0.15) is 45.7 Å². The summed E-state index contributed by atoms with van der Waals surface area (Å²) in [6.07, 6.45) is 3.06. The SMILES string of the molecule is N#Cc1cccc2c1CCCN(c1cccc(N3CCN(Cc4nc5ccc(C(=O)O)cc5n4CC4CCO4)CC3)n1)C2. The van der Waals surface area contributed by atoms with Gasteiger partial charge in [0.15, 0.2) is 0 Å². The van der Waals surface area contributed by atoms with Crippen molar-refractivity contribution >= 4 is 28.6 Å². The van der Waals surface area contributed by atoms with E-state index in [1.165, 1.54) is 11.1 Å². The number of piperazine rings is 1. The Morgan fingerprint density at radius 3 is 2.53 bits per heavy atom. The van der Waals surface area contributed by atoms with Crippen LogP contribution in [0.3, 0.4) is 0 Å². The van der Waals surface area contributed by atoms with Gasteiger partial charge < -0.3 is 24.2 Å². The lowest BCUT2D eigenvalue weighted by Crippen LogP contribution is -2.46. The van der Waals surface area contributed by atoms with Gasteiger partial charge in [0.1, 0.15) is 17.5 Å². The quantitative estimate of drug-likeness (QED) is 0.348. The highest BCUT2D eigenvalue weighted by Gasteiger charge is 2.25. The number of aromatic carboxylic acids is 1. The third kappa shape index (κ3) is 5.54. The highest BCUT2D eigenvalue weighted by Crippen LogP contribution is 2.28. The van der Waals surface area contributed by atoms with Gasteiger partial charge in [-0.15, -0.1) is 0 Å². The third-order valence-corrected chi connectivity index (χ3v) is 8.97. The predicted molar refractivity (Wildman–Crippen MR) is 163 cm³/mol. The molecule has 0 radical (unpaired) electrons. The summed E-state index contributed by atoms with van der Waals surface area (Å²) in [5.74, 6) is 1.98. The number of ether oxygens (including phenoxy) is 1. The molecule has 43 heavy (non-hydrogen) atoms. The van der Waals surface area contributed by atoms with E-state index in [1.54, 1.807) is 12.1 Å². The lowest BCUT2D eigenvalue weighted by molar-refractivity contribution is -0.0592. The van der Waals surface area contributed by atoms with Gasteiger partial charge in [-0.05, 0) is 66.8 Å². The van der Waals surface area contributed by atoms with Crippen molar-refractivity contribution in [3.8, 4) is 6.07 Å². The molecule has 7 rings (SSSR count). The number of hydrogen-bond acceptors (Lipinski definition) is 8. The molecule has 0 spiro atoms. The number of nitrogens with zero attached hydrogens (tertiary/aromatic N) is 7. The van der Waals surface area contributed by atoms with Crippen LogP contribution in [0.15, 0.2) is 54.6 Å². The van der Waals surface area contributed by atoms with Crippen LogP contribution in [0.5, 0.6) is 0 Å². The Balaban J connectivity index is 1.04. The predicted octanol–water partition coefficient (Wildman–Crippen LogP) is 4.07. The standard InChI is InChI=1S/C33H35N7O3/c34-19-24-4-1-5-25-20-39(12-3-6-27(24)25)31-8-2-7-30(36-31)38-15-13-37(14-16-38)22-32-35-28-10-9-23(33(41)42)18-29(28)40(32)21-26-11-17-43-26/h1-2,4-5,7-10,18,26H,3,6,11-17,20-22H2,(H,41,42).